The zero-order valence-electron chi connectivity index (χ0n) is 21.1. The second-order valence-corrected chi connectivity index (χ2v) is 8.54. The van der Waals surface area contributed by atoms with Crippen LogP contribution >= 0.6 is 0 Å². The summed E-state index contributed by atoms with van der Waals surface area (Å²) in [5.41, 5.74) is 3.54. The Bertz CT molecular complexity index is 1410. The summed E-state index contributed by atoms with van der Waals surface area (Å²) < 4.78 is 18.7. The van der Waals surface area contributed by atoms with Crippen molar-refractivity contribution >= 4 is 35.0 Å². The number of hydrogen-bond donors (Lipinski definition) is 2. The summed E-state index contributed by atoms with van der Waals surface area (Å²) in [7, 11) is 1.62. The van der Waals surface area contributed by atoms with E-state index in [1.807, 2.05) is 6.92 Å². The number of unbranched alkanes of at least 4 members (excludes halogenated alkanes) is 1. The number of halogens is 1. The molecule has 0 atom stereocenters. The molecule has 0 fully saturated rings. The third kappa shape index (κ3) is 6.91. The highest BCUT2D eigenvalue weighted by Gasteiger charge is 2.14. The van der Waals surface area contributed by atoms with Crippen molar-refractivity contribution < 1.29 is 18.7 Å². The van der Waals surface area contributed by atoms with E-state index in [1.165, 1.54) is 17.0 Å². The molecule has 38 heavy (non-hydrogen) atoms. The highest BCUT2D eigenvalue weighted by Crippen LogP contribution is 2.22. The van der Waals surface area contributed by atoms with Crippen molar-refractivity contribution in [1.29, 1.82) is 0 Å². The van der Waals surface area contributed by atoms with Gasteiger partial charge in [-0.1, -0.05) is 37.6 Å². The van der Waals surface area contributed by atoms with Gasteiger partial charge in [0.1, 0.15) is 5.82 Å². The van der Waals surface area contributed by atoms with Crippen LogP contribution in [0.4, 0.5) is 32.2 Å². The first-order valence-corrected chi connectivity index (χ1v) is 12.2. The van der Waals surface area contributed by atoms with E-state index in [0.29, 0.717) is 46.3 Å². The number of rotatable bonds is 9. The van der Waals surface area contributed by atoms with Crippen molar-refractivity contribution in [1.82, 2.24) is 9.97 Å². The van der Waals surface area contributed by atoms with E-state index in [4.69, 9.17) is 4.74 Å². The lowest BCUT2D eigenvalue weighted by Gasteiger charge is -2.18. The second-order valence-electron chi connectivity index (χ2n) is 8.54. The van der Waals surface area contributed by atoms with Crippen molar-refractivity contribution in [2.45, 2.75) is 19.8 Å². The maximum absolute atomic E-state index is 13.5. The largest absolute Gasteiger partial charge is 0.449 e. The molecule has 1 aromatic heterocycles. The molecular weight excluding hydrogens is 485 g/mol. The minimum absolute atomic E-state index is 0.318. The van der Waals surface area contributed by atoms with Crippen LogP contribution in [0.15, 0.2) is 85.2 Å². The molecule has 0 aliphatic rings. The zero-order chi connectivity index (χ0) is 26.9. The molecule has 0 saturated carbocycles. The molecule has 0 unspecified atom stereocenters. The molecule has 0 radical (unpaired) electrons. The molecule has 0 aliphatic carbocycles. The topological polar surface area (TPSA) is 96.5 Å². The quantitative estimate of drug-likeness (QED) is 0.243. The van der Waals surface area contributed by atoms with Crippen LogP contribution in [0.3, 0.4) is 0 Å². The molecule has 0 aliphatic heterocycles. The summed E-state index contributed by atoms with van der Waals surface area (Å²) in [5.74, 6) is -0.311. The Hall–Kier alpha value is -4.79. The first kappa shape index (κ1) is 26.3. The van der Waals surface area contributed by atoms with Crippen molar-refractivity contribution in [3.8, 4) is 11.1 Å². The summed E-state index contributed by atoms with van der Waals surface area (Å²) in [6, 6.07) is 20.1. The van der Waals surface area contributed by atoms with Crippen LogP contribution in [-0.2, 0) is 4.74 Å². The van der Waals surface area contributed by atoms with E-state index in [9.17, 15) is 14.0 Å². The molecule has 2 N–H and O–H groups in total. The lowest BCUT2D eigenvalue weighted by atomic mass is 10.1. The molecule has 8 nitrogen and oxygen atoms in total. The van der Waals surface area contributed by atoms with Gasteiger partial charge in [0.25, 0.3) is 5.91 Å². The third-order valence-corrected chi connectivity index (χ3v) is 5.68. The van der Waals surface area contributed by atoms with E-state index in [0.717, 1.165) is 12.8 Å². The summed E-state index contributed by atoms with van der Waals surface area (Å²) in [5, 5.41) is 5.93. The molecule has 0 bridgehead atoms. The van der Waals surface area contributed by atoms with E-state index in [-0.39, 0.29) is 11.7 Å². The van der Waals surface area contributed by atoms with Crippen LogP contribution in [0.25, 0.3) is 11.1 Å². The number of benzene rings is 3. The Kier molecular flexibility index (Phi) is 8.61. The predicted molar refractivity (Wildman–Crippen MR) is 146 cm³/mol. The van der Waals surface area contributed by atoms with Crippen molar-refractivity contribution in [3.05, 3.63) is 96.6 Å². The fourth-order valence-electron chi connectivity index (χ4n) is 3.58. The molecule has 4 rings (SSSR count). The summed E-state index contributed by atoms with van der Waals surface area (Å²) in [4.78, 5) is 35.2. The van der Waals surface area contributed by atoms with Crippen LogP contribution in [0.1, 0.15) is 30.1 Å². The third-order valence-electron chi connectivity index (χ3n) is 5.68. The number of anilines is 4. The number of amides is 2. The Balaban J connectivity index is 1.40. The fraction of sp³-hybridized carbons (Fsp3) is 0.172. The molecule has 2 amide bonds. The maximum atomic E-state index is 13.5. The van der Waals surface area contributed by atoms with Crippen LogP contribution in [0.5, 0.6) is 0 Å². The average Bonchev–Trinajstić information content (AvgIpc) is 2.93. The fourth-order valence-corrected chi connectivity index (χ4v) is 3.58. The van der Waals surface area contributed by atoms with Crippen LogP contribution in [0.2, 0.25) is 0 Å². The van der Waals surface area contributed by atoms with Crippen molar-refractivity contribution in [2.75, 3.05) is 29.2 Å². The molecule has 0 spiro atoms. The lowest BCUT2D eigenvalue weighted by molar-refractivity contribution is 0.102. The molecule has 4 aromatic rings. The van der Waals surface area contributed by atoms with Crippen LogP contribution in [-0.4, -0.2) is 35.6 Å². The number of aromatic nitrogens is 2. The standard InChI is InChI=1S/C29H28FN5O3/c1-3-4-14-38-29(37)35(2)26-13-7-12-25(17-26)33-27(36)21-9-6-11-24(16-21)34-28-31-18-22(19-32-28)20-8-5-10-23(30)15-20/h5-13,15-19H,3-4,14H2,1-2H3,(H,33,36)(H,31,32,34). The maximum Gasteiger partial charge on any atom is 0.414 e. The van der Waals surface area contributed by atoms with Gasteiger partial charge >= 0.3 is 6.09 Å². The molecule has 194 valence electrons. The smallest absolute Gasteiger partial charge is 0.414 e. The highest BCUT2D eigenvalue weighted by atomic mass is 19.1. The van der Waals surface area contributed by atoms with Gasteiger partial charge in [0.05, 0.1) is 6.61 Å². The number of ether oxygens (including phenoxy) is 1. The second kappa shape index (κ2) is 12.4. The van der Waals surface area contributed by atoms with Gasteiger partial charge in [-0.05, 0) is 60.5 Å². The van der Waals surface area contributed by atoms with Gasteiger partial charge in [0.15, 0.2) is 0 Å². The zero-order valence-corrected chi connectivity index (χ0v) is 21.1. The van der Waals surface area contributed by atoms with Crippen molar-refractivity contribution in [2.24, 2.45) is 0 Å². The Morgan fingerprint density at radius 3 is 2.42 bits per heavy atom. The van der Waals surface area contributed by atoms with E-state index in [2.05, 4.69) is 20.6 Å². The first-order chi connectivity index (χ1) is 18.4. The number of nitrogens with one attached hydrogen (secondary N) is 2. The number of carbonyl (C=O) groups is 2. The van der Waals surface area contributed by atoms with Crippen molar-refractivity contribution in [3.63, 3.8) is 0 Å². The van der Waals surface area contributed by atoms with Gasteiger partial charge in [-0.2, -0.15) is 0 Å². The lowest BCUT2D eigenvalue weighted by Crippen LogP contribution is -2.27. The van der Waals surface area contributed by atoms with Gasteiger partial charge in [-0.25, -0.2) is 19.2 Å². The van der Waals surface area contributed by atoms with E-state index >= 15 is 0 Å². The monoisotopic (exact) mass is 513 g/mol. The molecule has 9 heteroatoms. The molecule has 3 aromatic carbocycles. The normalized spacial score (nSPS) is 10.5. The Labute approximate surface area is 220 Å². The van der Waals surface area contributed by atoms with Gasteiger partial charge in [0.2, 0.25) is 5.95 Å². The number of hydrogen-bond acceptors (Lipinski definition) is 6. The summed E-state index contributed by atoms with van der Waals surface area (Å²) >= 11 is 0. The van der Waals surface area contributed by atoms with E-state index in [1.54, 1.807) is 80.1 Å². The summed E-state index contributed by atoms with van der Waals surface area (Å²) in [6.07, 6.45) is 4.49. The molecule has 0 saturated heterocycles. The predicted octanol–water partition coefficient (Wildman–Crippen LogP) is 6.65. The minimum atomic E-state index is -0.452. The van der Waals surface area contributed by atoms with Gasteiger partial charge in [-0.3, -0.25) is 9.69 Å². The first-order valence-electron chi connectivity index (χ1n) is 12.2. The Morgan fingerprint density at radius 2 is 1.66 bits per heavy atom. The number of carbonyl (C=O) groups excluding carboxylic acids is 2. The van der Waals surface area contributed by atoms with Crippen LogP contribution in [0, 0.1) is 5.82 Å². The molecular formula is C29H28FN5O3. The molecule has 1 heterocycles. The van der Waals surface area contributed by atoms with Gasteiger partial charge in [-0.15, -0.1) is 0 Å². The highest BCUT2D eigenvalue weighted by molar-refractivity contribution is 6.05. The summed E-state index contributed by atoms with van der Waals surface area (Å²) in [6.45, 7) is 2.39. The van der Waals surface area contributed by atoms with Gasteiger partial charge < -0.3 is 15.4 Å². The van der Waals surface area contributed by atoms with Gasteiger partial charge in [0, 0.05) is 47.6 Å². The Morgan fingerprint density at radius 1 is 0.921 bits per heavy atom. The minimum Gasteiger partial charge on any atom is -0.449 e. The SMILES string of the molecule is CCCCOC(=O)N(C)c1cccc(NC(=O)c2cccc(Nc3ncc(-c4cccc(F)c4)cn3)c2)c1. The van der Waals surface area contributed by atoms with Crippen LogP contribution < -0.4 is 15.5 Å². The van der Waals surface area contributed by atoms with E-state index < -0.39 is 6.09 Å². The number of nitrogens with zero attached hydrogens (tertiary/aromatic N) is 3. The average molecular weight is 514 g/mol.